The van der Waals surface area contributed by atoms with Gasteiger partial charge in [0.15, 0.2) is 0 Å². The van der Waals surface area contributed by atoms with Gasteiger partial charge in [0.1, 0.15) is 0 Å². The van der Waals surface area contributed by atoms with Crippen molar-refractivity contribution in [2.75, 3.05) is 5.32 Å². The maximum absolute atomic E-state index is 12.2. The molecule has 23 heavy (non-hydrogen) atoms. The van der Waals surface area contributed by atoms with Crippen molar-refractivity contribution in [3.63, 3.8) is 0 Å². The van der Waals surface area contributed by atoms with Crippen LogP contribution in [0, 0.1) is 0 Å². The molecule has 1 fully saturated rings. The lowest BCUT2D eigenvalue weighted by Gasteiger charge is -2.02. The summed E-state index contributed by atoms with van der Waals surface area (Å²) in [4.78, 5) is 32.0. The van der Waals surface area contributed by atoms with Gasteiger partial charge in [0, 0.05) is 31.4 Å². The van der Waals surface area contributed by atoms with Crippen molar-refractivity contribution in [2.24, 2.45) is 7.05 Å². The third-order valence-electron chi connectivity index (χ3n) is 3.84. The Labute approximate surface area is 130 Å². The van der Waals surface area contributed by atoms with Crippen LogP contribution in [0.5, 0.6) is 0 Å². The van der Waals surface area contributed by atoms with E-state index in [1.807, 2.05) is 6.07 Å². The van der Waals surface area contributed by atoms with Gasteiger partial charge in [0.25, 0.3) is 17.6 Å². The Hall–Kier alpha value is -3.03. The summed E-state index contributed by atoms with van der Waals surface area (Å²) in [6.45, 7) is 0. The molecule has 0 bridgehead atoms. The smallest absolute Gasteiger partial charge is 0.259 e. The molecule has 8 nitrogen and oxygen atoms in total. The topological polar surface area (TPSA) is 94.2 Å². The molecule has 0 atom stereocenters. The lowest BCUT2D eigenvalue weighted by Crippen LogP contribution is -2.20. The van der Waals surface area contributed by atoms with Crippen LogP contribution in [0.15, 0.2) is 35.4 Å². The quantitative estimate of drug-likeness (QED) is 0.777. The van der Waals surface area contributed by atoms with E-state index in [-0.39, 0.29) is 17.4 Å². The maximum atomic E-state index is 12.2. The number of anilines is 1. The van der Waals surface area contributed by atoms with E-state index in [0.717, 1.165) is 18.5 Å². The lowest BCUT2D eigenvalue weighted by molar-refractivity contribution is 0.102. The number of hydrogen-bond donors (Lipinski definition) is 1. The molecule has 3 aromatic rings. The summed E-state index contributed by atoms with van der Waals surface area (Å²) in [5.74, 6) is 0.786. The average molecular weight is 310 g/mol. The third kappa shape index (κ3) is 2.48. The minimum absolute atomic E-state index is 0.175. The number of carbonyl (C=O) groups is 1. The number of amides is 1. The number of pyridine rings is 1. The van der Waals surface area contributed by atoms with Gasteiger partial charge < -0.3 is 4.57 Å². The highest BCUT2D eigenvalue weighted by Crippen LogP contribution is 2.39. The zero-order valence-electron chi connectivity index (χ0n) is 12.4. The van der Waals surface area contributed by atoms with Gasteiger partial charge in [0.05, 0.1) is 11.3 Å². The van der Waals surface area contributed by atoms with Gasteiger partial charge in [-0.3, -0.25) is 14.9 Å². The van der Waals surface area contributed by atoms with Crippen molar-refractivity contribution in [2.45, 2.75) is 18.8 Å². The van der Waals surface area contributed by atoms with E-state index in [1.54, 1.807) is 17.8 Å². The molecule has 0 aliphatic heterocycles. The predicted molar refractivity (Wildman–Crippen MR) is 82.4 cm³/mol. The molecule has 1 aliphatic carbocycles. The van der Waals surface area contributed by atoms with Crippen LogP contribution < -0.4 is 10.9 Å². The molecule has 0 saturated heterocycles. The fourth-order valence-corrected chi connectivity index (χ4v) is 2.45. The first-order chi connectivity index (χ1) is 11.1. The minimum Gasteiger partial charge on any atom is -0.318 e. The summed E-state index contributed by atoms with van der Waals surface area (Å²) >= 11 is 0. The summed E-state index contributed by atoms with van der Waals surface area (Å²) in [6.07, 6.45) is 5.45. The first-order valence-electron chi connectivity index (χ1n) is 7.31. The van der Waals surface area contributed by atoms with Crippen LogP contribution in [0.25, 0.3) is 5.78 Å². The molecule has 1 N–H and O–H groups in total. The molecule has 0 radical (unpaired) electrons. The Balaban J connectivity index is 1.64. The summed E-state index contributed by atoms with van der Waals surface area (Å²) < 4.78 is 3.02. The van der Waals surface area contributed by atoms with E-state index in [9.17, 15) is 9.59 Å². The molecule has 1 amide bonds. The number of nitrogens with one attached hydrogen (secondary N) is 1. The van der Waals surface area contributed by atoms with Crippen molar-refractivity contribution in [1.82, 2.24) is 24.1 Å². The first-order valence-corrected chi connectivity index (χ1v) is 7.31. The Morgan fingerprint density at radius 2 is 2.13 bits per heavy atom. The number of rotatable bonds is 3. The molecular formula is C15H14N6O2. The normalized spacial score (nSPS) is 14.1. The van der Waals surface area contributed by atoms with Crippen LogP contribution >= 0.6 is 0 Å². The van der Waals surface area contributed by atoms with Crippen LogP contribution in [0.2, 0.25) is 0 Å². The van der Waals surface area contributed by atoms with E-state index >= 15 is 0 Å². The summed E-state index contributed by atoms with van der Waals surface area (Å²) in [5.41, 5.74) is 1.25. The van der Waals surface area contributed by atoms with Crippen molar-refractivity contribution < 1.29 is 4.79 Å². The van der Waals surface area contributed by atoms with E-state index < -0.39 is 0 Å². The van der Waals surface area contributed by atoms with E-state index in [2.05, 4.69) is 20.4 Å². The van der Waals surface area contributed by atoms with Crippen molar-refractivity contribution in [3.8, 4) is 0 Å². The van der Waals surface area contributed by atoms with Gasteiger partial charge in [-0.2, -0.15) is 9.50 Å². The van der Waals surface area contributed by atoms with Crippen LogP contribution in [0.3, 0.4) is 0 Å². The molecule has 0 unspecified atom stereocenters. The molecule has 0 spiro atoms. The van der Waals surface area contributed by atoms with Gasteiger partial charge in [-0.25, -0.2) is 4.98 Å². The number of aromatic nitrogens is 5. The zero-order chi connectivity index (χ0) is 16.0. The third-order valence-corrected chi connectivity index (χ3v) is 3.84. The van der Waals surface area contributed by atoms with E-state index in [0.29, 0.717) is 17.3 Å². The molecular weight excluding hydrogens is 296 g/mol. The predicted octanol–water partition coefficient (Wildman–Crippen LogP) is 0.953. The molecule has 4 rings (SSSR count). The first kappa shape index (κ1) is 13.6. The highest BCUT2D eigenvalue weighted by molar-refractivity contribution is 6.03. The second-order valence-corrected chi connectivity index (χ2v) is 5.61. The van der Waals surface area contributed by atoms with Crippen LogP contribution in [0.1, 0.15) is 34.8 Å². The fraction of sp³-hybridized carbons (Fsp3) is 0.267. The van der Waals surface area contributed by atoms with E-state index in [1.165, 1.54) is 22.9 Å². The second kappa shape index (κ2) is 5.01. The maximum Gasteiger partial charge on any atom is 0.259 e. The summed E-state index contributed by atoms with van der Waals surface area (Å²) in [5, 5.41) is 6.97. The van der Waals surface area contributed by atoms with Crippen LogP contribution in [-0.2, 0) is 7.05 Å². The van der Waals surface area contributed by atoms with Crippen molar-refractivity contribution >= 4 is 17.6 Å². The standard InChI is InChI=1S/C15H14N6O2/c1-20-8-10(4-5-12(20)22)13(23)17-14-18-15-16-7-6-11(9-2-3-9)21(15)19-14/h4-9H,2-3H2,1H3,(H,17,19,23). The molecule has 1 saturated carbocycles. The van der Waals surface area contributed by atoms with Gasteiger partial charge in [-0.1, -0.05) is 0 Å². The van der Waals surface area contributed by atoms with Gasteiger partial charge in [-0.05, 0) is 25.0 Å². The number of fused-ring (bicyclic) bond motifs is 1. The Kier molecular flexibility index (Phi) is 2.97. The number of nitrogens with zero attached hydrogens (tertiary/aromatic N) is 5. The Morgan fingerprint density at radius 1 is 1.30 bits per heavy atom. The number of hydrogen-bond acceptors (Lipinski definition) is 5. The minimum atomic E-state index is -0.371. The Bertz CT molecular complexity index is 970. The average Bonchev–Trinajstić information content (AvgIpc) is 3.29. The molecule has 3 aromatic heterocycles. The second-order valence-electron chi connectivity index (χ2n) is 5.61. The van der Waals surface area contributed by atoms with Gasteiger partial charge in [-0.15, -0.1) is 5.10 Å². The zero-order valence-corrected chi connectivity index (χ0v) is 12.4. The summed E-state index contributed by atoms with van der Waals surface area (Å²) in [6, 6.07) is 4.75. The largest absolute Gasteiger partial charge is 0.318 e. The van der Waals surface area contributed by atoms with Gasteiger partial charge in [0.2, 0.25) is 5.56 Å². The highest BCUT2D eigenvalue weighted by atomic mass is 16.2. The molecule has 0 aromatic carbocycles. The van der Waals surface area contributed by atoms with Crippen LogP contribution in [0.4, 0.5) is 5.95 Å². The number of carbonyl (C=O) groups excluding carboxylic acids is 1. The highest BCUT2D eigenvalue weighted by Gasteiger charge is 2.27. The number of aryl methyl sites for hydroxylation is 1. The fourth-order valence-electron chi connectivity index (χ4n) is 2.45. The van der Waals surface area contributed by atoms with Gasteiger partial charge >= 0.3 is 0 Å². The van der Waals surface area contributed by atoms with Crippen molar-refractivity contribution in [1.29, 1.82) is 0 Å². The lowest BCUT2D eigenvalue weighted by atomic mass is 10.2. The molecule has 116 valence electrons. The molecule has 3 heterocycles. The van der Waals surface area contributed by atoms with Crippen molar-refractivity contribution in [3.05, 3.63) is 52.2 Å². The SMILES string of the molecule is Cn1cc(C(=O)Nc2nc3nccc(C4CC4)n3n2)ccc1=O. The molecule has 1 aliphatic rings. The van der Waals surface area contributed by atoms with E-state index in [4.69, 9.17) is 0 Å². The molecule has 8 heteroatoms. The Morgan fingerprint density at radius 3 is 2.87 bits per heavy atom. The summed E-state index contributed by atoms with van der Waals surface area (Å²) in [7, 11) is 1.59. The monoisotopic (exact) mass is 310 g/mol. The van der Waals surface area contributed by atoms with Crippen LogP contribution in [-0.4, -0.2) is 30.1 Å².